The van der Waals surface area contributed by atoms with Gasteiger partial charge in [-0.2, -0.15) is 0 Å². The normalized spacial score (nSPS) is 17.5. The fourth-order valence-electron chi connectivity index (χ4n) is 0.404. The van der Waals surface area contributed by atoms with E-state index < -0.39 is 0 Å². The molecule has 1 radical (unpaired) electrons. The van der Waals surface area contributed by atoms with Crippen LogP contribution in [0.25, 0.3) is 0 Å². The minimum absolute atomic E-state index is 0.0162. The highest BCUT2D eigenvalue weighted by Gasteiger charge is 1.99. The molecule has 1 aliphatic heterocycles. The minimum Gasteiger partial charge on any atom is -0.493 e. The molecule has 0 aromatic heterocycles. The summed E-state index contributed by atoms with van der Waals surface area (Å²) in [5.41, 5.74) is 0. The van der Waals surface area contributed by atoms with E-state index in [0.717, 1.165) is 0 Å². The first-order valence-corrected chi connectivity index (χ1v) is 2.53. The molecule has 2 nitrogen and oxygen atoms in total. The first kappa shape index (κ1) is 5.31. The fraction of sp³-hybridized carbons (Fsp3) is 0. The molecule has 0 unspecified atom stereocenters. The highest BCUT2D eigenvalue weighted by molar-refractivity contribution is 7.80. The van der Waals surface area contributed by atoms with Crippen LogP contribution in [0.3, 0.4) is 0 Å². The van der Waals surface area contributed by atoms with Gasteiger partial charge in [-0.3, -0.25) is 0 Å². The van der Waals surface area contributed by atoms with Crippen molar-refractivity contribution < 1.29 is 5.11 Å². The summed E-state index contributed by atoms with van der Waals surface area (Å²) in [5, 5.41) is 12.2. The van der Waals surface area contributed by atoms with Crippen LogP contribution in [0, 0.1) is 0 Å². The van der Waals surface area contributed by atoms with E-state index in [0.29, 0.717) is 4.99 Å². The predicted octanol–water partition coefficient (Wildman–Crippen LogP) is 0.887. The average molecular weight is 126 g/mol. The van der Waals surface area contributed by atoms with Crippen LogP contribution in [-0.4, -0.2) is 10.1 Å². The number of hydrogen-bond acceptors (Lipinski definition) is 2. The third kappa shape index (κ3) is 1.07. The van der Waals surface area contributed by atoms with Crippen molar-refractivity contribution in [3.05, 3.63) is 24.1 Å². The first-order valence-electron chi connectivity index (χ1n) is 2.12. The van der Waals surface area contributed by atoms with Crippen molar-refractivity contribution >= 4 is 17.2 Å². The second-order valence-electron chi connectivity index (χ2n) is 1.33. The van der Waals surface area contributed by atoms with E-state index in [-0.39, 0.29) is 5.88 Å². The Morgan fingerprint density at radius 1 is 1.62 bits per heavy atom. The molecular weight excluding hydrogens is 122 g/mol. The number of thiocarbonyl (C=S) groups is 1. The molecule has 41 valence electrons. The fourth-order valence-corrected chi connectivity index (χ4v) is 0.576. The Bertz CT molecular complexity index is 171. The average Bonchev–Trinajstić information content (AvgIpc) is 1.64. The van der Waals surface area contributed by atoms with E-state index in [2.05, 4.69) is 17.5 Å². The van der Waals surface area contributed by atoms with Gasteiger partial charge in [-0.15, -0.1) is 0 Å². The molecule has 1 heterocycles. The quantitative estimate of drug-likeness (QED) is 0.489. The van der Waals surface area contributed by atoms with Gasteiger partial charge in [0, 0.05) is 6.08 Å². The molecule has 8 heavy (non-hydrogen) atoms. The number of allylic oxidation sites excluding steroid dienone is 2. The van der Waals surface area contributed by atoms with Crippen LogP contribution < -0.4 is 5.32 Å². The van der Waals surface area contributed by atoms with Crippen LogP contribution in [0.1, 0.15) is 0 Å². The van der Waals surface area contributed by atoms with E-state index in [4.69, 9.17) is 5.11 Å². The van der Waals surface area contributed by atoms with E-state index in [9.17, 15) is 0 Å². The SMILES string of the molecule is OC1=CC=CC(=S)[N]1. The van der Waals surface area contributed by atoms with Gasteiger partial charge < -0.3 is 5.11 Å². The van der Waals surface area contributed by atoms with Gasteiger partial charge in [-0.05, 0) is 6.08 Å². The molecule has 0 saturated heterocycles. The number of nitrogens with zero attached hydrogens (tertiary/aromatic N) is 1. The second-order valence-corrected chi connectivity index (χ2v) is 1.75. The molecule has 0 aromatic carbocycles. The summed E-state index contributed by atoms with van der Waals surface area (Å²) in [6.45, 7) is 0. The summed E-state index contributed by atoms with van der Waals surface area (Å²) in [4.78, 5) is 0.421. The van der Waals surface area contributed by atoms with Crippen molar-refractivity contribution in [1.82, 2.24) is 5.32 Å². The van der Waals surface area contributed by atoms with Gasteiger partial charge >= 0.3 is 0 Å². The van der Waals surface area contributed by atoms with Crippen LogP contribution in [0.15, 0.2) is 24.1 Å². The van der Waals surface area contributed by atoms with Crippen LogP contribution in [0.5, 0.6) is 0 Å². The number of rotatable bonds is 0. The first-order chi connectivity index (χ1) is 3.79. The molecule has 0 fully saturated rings. The molecule has 0 amide bonds. The van der Waals surface area contributed by atoms with Crippen molar-refractivity contribution in [2.75, 3.05) is 0 Å². The predicted molar refractivity (Wildman–Crippen MR) is 34.6 cm³/mol. The lowest BCUT2D eigenvalue weighted by Gasteiger charge is -2.00. The van der Waals surface area contributed by atoms with Crippen LogP contribution >= 0.6 is 12.2 Å². The van der Waals surface area contributed by atoms with Gasteiger partial charge in [0.05, 0.1) is 0 Å². The van der Waals surface area contributed by atoms with Gasteiger partial charge in [0.25, 0.3) is 0 Å². The monoisotopic (exact) mass is 126 g/mol. The Labute approximate surface area is 52.5 Å². The Balaban J connectivity index is 2.73. The molecule has 0 aliphatic carbocycles. The summed E-state index contributed by atoms with van der Waals surface area (Å²) >= 11 is 4.63. The van der Waals surface area contributed by atoms with E-state index in [1.807, 2.05) is 0 Å². The van der Waals surface area contributed by atoms with Crippen molar-refractivity contribution in [1.29, 1.82) is 0 Å². The van der Waals surface area contributed by atoms with Crippen LogP contribution in [-0.2, 0) is 0 Å². The highest BCUT2D eigenvalue weighted by atomic mass is 32.1. The highest BCUT2D eigenvalue weighted by Crippen LogP contribution is 1.95. The van der Waals surface area contributed by atoms with Gasteiger partial charge in [0.2, 0.25) is 5.88 Å². The molecule has 0 atom stereocenters. The molecule has 1 aliphatic rings. The summed E-state index contributed by atoms with van der Waals surface area (Å²) in [7, 11) is 0. The molecule has 1 N–H and O–H groups in total. The summed E-state index contributed by atoms with van der Waals surface area (Å²) in [6.07, 6.45) is 4.79. The third-order valence-electron chi connectivity index (χ3n) is 0.709. The Morgan fingerprint density at radius 3 is 2.75 bits per heavy atom. The van der Waals surface area contributed by atoms with Crippen LogP contribution in [0.4, 0.5) is 0 Å². The van der Waals surface area contributed by atoms with Crippen molar-refractivity contribution in [2.45, 2.75) is 0 Å². The number of aliphatic hydroxyl groups is 1. The van der Waals surface area contributed by atoms with E-state index >= 15 is 0 Å². The molecule has 0 saturated carbocycles. The molecule has 0 spiro atoms. The van der Waals surface area contributed by atoms with Crippen molar-refractivity contribution in [3.8, 4) is 0 Å². The Hall–Kier alpha value is -0.830. The second kappa shape index (κ2) is 1.96. The van der Waals surface area contributed by atoms with E-state index in [1.54, 1.807) is 12.2 Å². The zero-order chi connectivity index (χ0) is 5.98. The lowest BCUT2D eigenvalue weighted by atomic mass is 10.4. The molecule has 1 rings (SSSR count). The molecule has 0 aromatic rings. The zero-order valence-electron chi connectivity index (χ0n) is 4.03. The number of aliphatic hydroxyl groups excluding tert-OH is 1. The maximum atomic E-state index is 8.64. The van der Waals surface area contributed by atoms with Gasteiger partial charge in [0.15, 0.2) is 0 Å². The van der Waals surface area contributed by atoms with Crippen molar-refractivity contribution in [3.63, 3.8) is 0 Å². The lowest BCUT2D eigenvalue weighted by molar-refractivity contribution is 0.386. The third-order valence-corrected chi connectivity index (χ3v) is 0.936. The standard InChI is InChI=1S/C5H4NOS/c7-4-2-1-3-5(8)6-4/h1-3,7H. The summed E-state index contributed by atoms with van der Waals surface area (Å²) in [6, 6.07) is 0. The minimum atomic E-state index is -0.0162. The van der Waals surface area contributed by atoms with E-state index in [1.165, 1.54) is 6.08 Å². The molecule has 3 heteroatoms. The van der Waals surface area contributed by atoms with Gasteiger partial charge in [-0.25, -0.2) is 5.32 Å². The summed E-state index contributed by atoms with van der Waals surface area (Å²) < 4.78 is 0. The smallest absolute Gasteiger partial charge is 0.212 e. The molecular formula is C5H4NOS. The maximum Gasteiger partial charge on any atom is 0.212 e. The Kier molecular flexibility index (Phi) is 1.30. The lowest BCUT2D eigenvalue weighted by Crippen LogP contribution is -2.11. The van der Waals surface area contributed by atoms with Gasteiger partial charge in [-0.1, -0.05) is 18.3 Å². The van der Waals surface area contributed by atoms with Gasteiger partial charge in [0.1, 0.15) is 4.99 Å². The molecule has 0 bridgehead atoms. The maximum absolute atomic E-state index is 8.64. The number of hydrogen-bond donors (Lipinski definition) is 1. The largest absolute Gasteiger partial charge is 0.493 e. The van der Waals surface area contributed by atoms with Crippen molar-refractivity contribution in [2.24, 2.45) is 0 Å². The Morgan fingerprint density at radius 2 is 2.38 bits per heavy atom. The zero-order valence-corrected chi connectivity index (χ0v) is 4.85. The van der Waals surface area contributed by atoms with Crippen LogP contribution in [0.2, 0.25) is 0 Å². The summed E-state index contributed by atoms with van der Waals surface area (Å²) in [5.74, 6) is -0.0162. The topological polar surface area (TPSA) is 34.3 Å².